The molecule has 1 aromatic carbocycles. The number of hydrogen-bond acceptors (Lipinski definition) is 8. The van der Waals surface area contributed by atoms with Crippen molar-refractivity contribution >= 4 is 23.1 Å². The second kappa shape index (κ2) is 12.5. The van der Waals surface area contributed by atoms with Crippen molar-refractivity contribution in [2.24, 2.45) is 0 Å². The molecule has 0 unspecified atom stereocenters. The van der Waals surface area contributed by atoms with Crippen molar-refractivity contribution < 1.29 is 10.0 Å². The molecule has 7 nitrogen and oxygen atoms in total. The van der Waals surface area contributed by atoms with Crippen LogP contribution in [0.4, 0.5) is 0 Å². The highest BCUT2D eigenvalue weighted by atomic mass is 32.2. The molecule has 2 rings (SSSR count). The van der Waals surface area contributed by atoms with Crippen molar-refractivity contribution in [2.75, 3.05) is 32.9 Å². The number of hydrogen-bond donors (Lipinski definition) is 3. The van der Waals surface area contributed by atoms with Gasteiger partial charge in [-0.1, -0.05) is 12.1 Å². The molecular formula is C21H30N4O3S2. The predicted molar refractivity (Wildman–Crippen MR) is 126 cm³/mol. The van der Waals surface area contributed by atoms with Gasteiger partial charge in [0.15, 0.2) is 5.82 Å². The first-order chi connectivity index (χ1) is 14.3. The third kappa shape index (κ3) is 9.06. The van der Waals surface area contributed by atoms with Crippen LogP contribution >= 0.6 is 23.1 Å². The highest BCUT2D eigenvalue weighted by molar-refractivity contribution is 7.98. The number of nitro groups is 1. The van der Waals surface area contributed by atoms with E-state index >= 15 is 0 Å². The van der Waals surface area contributed by atoms with Crippen LogP contribution in [0.25, 0.3) is 0 Å². The van der Waals surface area contributed by atoms with Crippen LogP contribution < -0.4 is 10.6 Å². The van der Waals surface area contributed by atoms with Crippen LogP contribution in [0.15, 0.2) is 42.4 Å². The molecule has 0 amide bonds. The molecule has 0 aliphatic heterocycles. The van der Waals surface area contributed by atoms with Crippen LogP contribution in [0, 0.1) is 17.0 Å². The number of nitrogens with zero attached hydrogens (tertiary/aromatic N) is 2. The fourth-order valence-electron chi connectivity index (χ4n) is 2.85. The number of aromatic hydroxyl groups is 1. The molecule has 0 fully saturated rings. The van der Waals surface area contributed by atoms with E-state index in [1.165, 1.54) is 15.3 Å². The van der Waals surface area contributed by atoms with Crippen LogP contribution in [0.3, 0.4) is 0 Å². The second-order valence-corrected chi connectivity index (χ2v) is 9.54. The van der Waals surface area contributed by atoms with E-state index in [-0.39, 0.29) is 5.75 Å². The summed E-state index contributed by atoms with van der Waals surface area (Å²) in [6, 6.07) is 9.27. The number of nitrogens with one attached hydrogen (secondary N) is 2. The van der Waals surface area contributed by atoms with Crippen LogP contribution in [-0.4, -0.2) is 47.9 Å². The van der Waals surface area contributed by atoms with Gasteiger partial charge in [-0.05, 0) is 56.8 Å². The second-order valence-electron chi connectivity index (χ2n) is 7.21. The third-order valence-electron chi connectivity index (χ3n) is 4.21. The quantitative estimate of drug-likeness (QED) is 0.244. The van der Waals surface area contributed by atoms with E-state index in [1.54, 1.807) is 18.2 Å². The van der Waals surface area contributed by atoms with E-state index in [9.17, 15) is 15.2 Å². The van der Waals surface area contributed by atoms with E-state index in [4.69, 9.17) is 0 Å². The van der Waals surface area contributed by atoms with Crippen molar-refractivity contribution in [2.45, 2.75) is 25.6 Å². The minimum atomic E-state index is -0.461. The van der Waals surface area contributed by atoms with E-state index in [0.29, 0.717) is 25.3 Å². The number of rotatable bonds is 13. The maximum absolute atomic E-state index is 10.9. The summed E-state index contributed by atoms with van der Waals surface area (Å²) < 4.78 is 0. The molecule has 0 aliphatic rings. The van der Waals surface area contributed by atoms with Gasteiger partial charge in [0.25, 0.3) is 6.20 Å². The van der Waals surface area contributed by atoms with Gasteiger partial charge < -0.3 is 20.6 Å². The molecule has 0 radical (unpaired) electrons. The standard InChI is InChI=1S/C21H30N4O3S2/c1-16-11-19(30-20(16)13-24(2)3)15-29-10-9-23-21(14-25(27)28)22-8-7-17-5-4-6-18(26)12-17/h4-6,11-12,14,22-23,26H,7-10,13,15H2,1-3H3/b21-14+. The van der Waals surface area contributed by atoms with Gasteiger partial charge in [-0.15, -0.1) is 11.3 Å². The highest BCUT2D eigenvalue weighted by Crippen LogP contribution is 2.26. The zero-order valence-electron chi connectivity index (χ0n) is 17.7. The van der Waals surface area contributed by atoms with Crippen molar-refractivity contribution in [1.29, 1.82) is 0 Å². The molecule has 9 heteroatoms. The Bertz CT molecular complexity index is 853. The van der Waals surface area contributed by atoms with Crippen LogP contribution in [0.1, 0.15) is 20.9 Å². The SMILES string of the molecule is Cc1cc(CSCCN/C(=C/[N+](=O)[O-])NCCc2cccc(O)c2)sc1CN(C)C. The van der Waals surface area contributed by atoms with Crippen molar-refractivity contribution in [3.63, 3.8) is 0 Å². The zero-order valence-corrected chi connectivity index (χ0v) is 19.3. The summed E-state index contributed by atoms with van der Waals surface area (Å²) in [4.78, 5) is 15.4. The van der Waals surface area contributed by atoms with Crippen molar-refractivity contribution in [3.8, 4) is 5.75 Å². The molecule has 0 aliphatic carbocycles. The van der Waals surface area contributed by atoms with E-state index in [0.717, 1.165) is 29.8 Å². The Balaban J connectivity index is 1.72. The van der Waals surface area contributed by atoms with Gasteiger partial charge in [0.2, 0.25) is 0 Å². The summed E-state index contributed by atoms with van der Waals surface area (Å²) in [6.45, 7) is 4.29. The number of benzene rings is 1. The Kier molecular flexibility index (Phi) is 9.99. The maximum Gasteiger partial charge on any atom is 0.274 e. The van der Waals surface area contributed by atoms with Gasteiger partial charge in [-0.3, -0.25) is 10.1 Å². The van der Waals surface area contributed by atoms with Crippen LogP contribution in [0.2, 0.25) is 0 Å². The lowest BCUT2D eigenvalue weighted by Gasteiger charge is -2.11. The largest absolute Gasteiger partial charge is 0.508 e. The fourth-order valence-corrected chi connectivity index (χ4v) is 5.10. The summed E-state index contributed by atoms with van der Waals surface area (Å²) in [7, 11) is 4.15. The predicted octanol–water partition coefficient (Wildman–Crippen LogP) is 3.55. The molecule has 3 N–H and O–H groups in total. The number of phenols is 1. The van der Waals surface area contributed by atoms with Gasteiger partial charge in [-0.25, -0.2) is 0 Å². The van der Waals surface area contributed by atoms with Gasteiger partial charge in [0, 0.05) is 40.9 Å². The number of thiophene rings is 1. The molecule has 2 aromatic rings. The lowest BCUT2D eigenvalue weighted by Crippen LogP contribution is -2.30. The maximum atomic E-state index is 10.9. The molecular weight excluding hydrogens is 420 g/mol. The number of aryl methyl sites for hydroxylation is 1. The molecule has 1 aromatic heterocycles. The Labute approximate surface area is 186 Å². The minimum absolute atomic E-state index is 0.221. The molecule has 0 atom stereocenters. The molecule has 0 spiro atoms. The van der Waals surface area contributed by atoms with Gasteiger partial charge >= 0.3 is 0 Å². The van der Waals surface area contributed by atoms with E-state index < -0.39 is 4.92 Å². The summed E-state index contributed by atoms with van der Waals surface area (Å²) >= 11 is 3.67. The first-order valence-electron chi connectivity index (χ1n) is 9.75. The fraction of sp³-hybridized carbons (Fsp3) is 0.429. The first kappa shape index (κ1) is 24.0. The smallest absolute Gasteiger partial charge is 0.274 e. The van der Waals surface area contributed by atoms with E-state index in [2.05, 4.69) is 42.6 Å². The summed E-state index contributed by atoms with van der Waals surface area (Å²) in [6.07, 6.45) is 1.62. The number of thioether (sulfide) groups is 1. The molecule has 0 saturated heterocycles. The Hall–Kier alpha value is -2.23. The minimum Gasteiger partial charge on any atom is -0.508 e. The summed E-state index contributed by atoms with van der Waals surface area (Å²) in [5, 5.41) is 26.6. The zero-order chi connectivity index (χ0) is 21.9. The molecule has 0 bridgehead atoms. The first-order valence-corrected chi connectivity index (χ1v) is 11.7. The molecule has 0 saturated carbocycles. The molecule has 30 heavy (non-hydrogen) atoms. The third-order valence-corrected chi connectivity index (χ3v) is 6.62. The highest BCUT2D eigenvalue weighted by Gasteiger charge is 2.07. The Morgan fingerprint density at radius 1 is 1.30 bits per heavy atom. The molecule has 1 heterocycles. The average Bonchev–Trinajstić information content (AvgIpc) is 2.99. The topological polar surface area (TPSA) is 90.7 Å². The monoisotopic (exact) mass is 450 g/mol. The normalized spacial score (nSPS) is 11.7. The van der Waals surface area contributed by atoms with Gasteiger partial charge in [0.05, 0.1) is 4.92 Å². The van der Waals surface area contributed by atoms with Crippen molar-refractivity contribution in [1.82, 2.24) is 15.5 Å². The molecule has 164 valence electrons. The van der Waals surface area contributed by atoms with Crippen molar-refractivity contribution in [3.05, 3.63) is 73.3 Å². The lowest BCUT2D eigenvalue weighted by atomic mass is 10.1. The van der Waals surface area contributed by atoms with Gasteiger partial charge in [-0.2, -0.15) is 11.8 Å². The Morgan fingerprint density at radius 3 is 2.77 bits per heavy atom. The average molecular weight is 451 g/mol. The summed E-state index contributed by atoms with van der Waals surface area (Å²) in [5.41, 5.74) is 2.31. The Morgan fingerprint density at radius 2 is 2.07 bits per heavy atom. The van der Waals surface area contributed by atoms with Crippen LogP contribution in [0.5, 0.6) is 5.75 Å². The van der Waals surface area contributed by atoms with Crippen LogP contribution in [-0.2, 0) is 18.7 Å². The van der Waals surface area contributed by atoms with E-state index in [1.807, 2.05) is 29.2 Å². The number of phenolic OH excluding ortho intramolecular Hbond substituents is 1. The summed E-state index contributed by atoms with van der Waals surface area (Å²) in [5.74, 6) is 2.42. The lowest BCUT2D eigenvalue weighted by molar-refractivity contribution is -0.404. The van der Waals surface area contributed by atoms with Gasteiger partial charge in [0.1, 0.15) is 5.75 Å².